The van der Waals surface area contributed by atoms with Gasteiger partial charge in [0, 0.05) is 0 Å². The van der Waals surface area contributed by atoms with E-state index in [1.165, 1.54) is 24.8 Å². The molecule has 0 bridgehead atoms. The summed E-state index contributed by atoms with van der Waals surface area (Å²) in [6.07, 6.45) is 7.70. The Morgan fingerprint density at radius 2 is 1.92 bits per heavy atom. The number of ether oxygens (including phenoxy) is 1. The van der Waals surface area contributed by atoms with Gasteiger partial charge in [0.25, 0.3) is 0 Å². The number of rotatable bonds is 3. The number of hydrogen-bond donors (Lipinski definition) is 3. The summed E-state index contributed by atoms with van der Waals surface area (Å²) in [7, 11) is 0. The highest BCUT2D eigenvalue weighted by atomic mass is 16.6. The predicted molar refractivity (Wildman–Crippen MR) is 100 cm³/mol. The Morgan fingerprint density at radius 3 is 2.62 bits per heavy atom. The van der Waals surface area contributed by atoms with Gasteiger partial charge in [0.15, 0.2) is 0 Å². The number of aliphatic hydroxyl groups is 3. The van der Waals surface area contributed by atoms with Crippen LogP contribution in [-0.4, -0.2) is 45.8 Å². The van der Waals surface area contributed by atoms with Crippen LogP contribution in [0, 0.1) is 22.7 Å². The summed E-state index contributed by atoms with van der Waals surface area (Å²) in [6, 6.07) is 0. The zero-order valence-electron chi connectivity index (χ0n) is 16.5. The smallest absolute Gasteiger partial charge is 0.128 e. The fourth-order valence-corrected chi connectivity index (χ4v) is 6.69. The number of aliphatic hydroxyl groups excluding tert-OH is 3. The van der Waals surface area contributed by atoms with E-state index in [9.17, 15) is 15.3 Å². The van der Waals surface area contributed by atoms with Gasteiger partial charge in [-0.1, -0.05) is 38.8 Å². The summed E-state index contributed by atoms with van der Waals surface area (Å²) < 4.78 is 5.96. The maximum Gasteiger partial charge on any atom is 0.128 e. The predicted octanol–water partition coefficient (Wildman–Crippen LogP) is 2.97. The highest BCUT2D eigenvalue weighted by molar-refractivity contribution is 5.33. The van der Waals surface area contributed by atoms with Gasteiger partial charge in [0.2, 0.25) is 0 Å². The second kappa shape index (κ2) is 5.91. The van der Waals surface area contributed by atoms with Gasteiger partial charge in [-0.05, 0) is 66.9 Å². The van der Waals surface area contributed by atoms with E-state index in [4.69, 9.17) is 4.74 Å². The lowest BCUT2D eigenvalue weighted by molar-refractivity contribution is -0.0506. The lowest BCUT2D eigenvalue weighted by atomic mass is 9.47. The van der Waals surface area contributed by atoms with E-state index in [2.05, 4.69) is 33.8 Å². The van der Waals surface area contributed by atoms with Crippen molar-refractivity contribution in [3.63, 3.8) is 0 Å². The molecule has 3 aliphatic carbocycles. The van der Waals surface area contributed by atoms with E-state index < -0.39 is 23.9 Å². The molecule has 0 radical (unpaired) electrons. The van der Waals surface area contributed by atoms with Crippen molar-refractivity contribution in [2.45, 2.75) is 83.7 Å². The van der Waals surface area contributed by atoms with Gasteiger partial charge in [-0.15, -0.1) is 0 Å². The molecule has 146 valence electrons. The molecule has 1 heterocycles. The largest absolute Gasteiger partial charge is 0.392 e. The number of allylic oxidation sites excluding steroid dienone is 2. The molecule has 26 heavy (non-hydrogen) atoms. The van der Waals surface area contributed by atoms with Crippen molar-refractivity contribution < 1.29 is 20.1 Å². The molecule has 0 aromatic carbocycles. The van der Waals surface area contributed by atoms with Crippen LogP contribution in [0.1, 0.15) is 59.8 Å². The van der Waals surface area contributed by atoms with E-state index in [1.54, 1.807) is 6.08 Å². The molecule has 0 spiro atoms. The molecule has 1 aliphatic heterocycles. The van der Waals surface area contributed by atoms with Crippen molar-refractivity contribution in [3.8, 4) is 0 Å². The SMILES string of the molecule is CC1=CCC2C(C)(C)CCCC2(C)C1CC12OC1C(O)C(CO)=CC2O. The van der Waals surface area contributed by atoms with Gasteiger partial charge in [-0.3, -0.25) is 0 Å². The molecule has 4 nitrogen and oxygen atoms in total. The fourth-order valence-electron chi connectivity index (χ4n) is 6.69. The minimum atomic E-state index is -0.803. The topological polar surface area (TPSA) is 73.2 Å². The first-order valence-electron chi connectivity index (χ1n) is 10.2. The molecule has 0 aromatic heterocycles. The van der Waals surface area contributed by atoms with E-state index in [1.807, 2.05) is 0 Å². The minimum Gasteiger partial charge on any atom is -0.392 e. The van der Waals surface area contributed by atoms with Crippen molar-refractivity contribution in [1.82, 2.24) is 0 Å². The maximum atomic E-state index is 10.7. The van der Waals surface area contributed by atoms with Crippen molar-refractivity contribution >= 4 is 0 Å². The van der Waals surface area contributed by atoms with Gasteiger partial charge in [0.1, 0.15) is 23.9 Å². The Labute approximate surface area is 156 Å². The van der Waals surface area contributed by atoms with Crippen LogP contribution in [0.2, 0.25) is 0 Å². The van der Waals surface area contributed by atoms with Gasteiger partial charge in [-0.25, -0.2) is 0 Å². The van der Waals surface area contributed by atoms with Crippen molar-refractivity contribution in [2.24, 2.45) is 22.7 Å². The third-order valence-corrected chi connectivity index (χ3v) is 8.31. The molecule has 0 aromatic rings. The van der Waals surface area contributed by atoms with Crippen LogP contribution in [0.3, 0.4) is 0 Å². The Morgan fingerprint density at radius 1 is 1.19 bits per heavy atom. The van der Waals surface area contributed by atoms with Crippen LogP contribution < -0.4 is 0 Å². The van der Waals surface area contributed by atoms with Crippen molar-refractivity contribution in [2.75, 3.05) is 6.61 Å². The van der Waals surface area contributed by atoms with Crippen molar-refractivity contribution in [1.29, 1.82) is 0 Å². The van der Waals surface area contributed by atoms with Gasteiger partial charge in [-0.2, -0.15) is 0 Å². The van der Waals surface area contributed by atoms with E-state index >= 15 is 0 Å². The van der Waals surface area contributed by atoms with Crippen LogP contribution in [0.15, 0.2) is 23.3 Å². The molecule has 7 atom stereocenters. The van der Waals surface area contributed by atoms with Gasteiger partial charge < -0.3 is 20.1 Å². The standard InChI is InChI=1S/C22H34O4/c1-13-6-7-16-20(2,3)8-5-9-21(16,4)15(13)11-22-17(24)10-14(12-23)18(25)19(22)26-22/h6,10,15-19,23-25H,5,7-9,11-12H2,1-4H3. The molecule has 4 aliphatic rings. The van der Waals surface area contributed by atoms with Crippen LogP contribution >= 0.6 is 0 Å². The summed E-state index contributed by atoms with van der Waals surface area (Å²) in [5.41, 5.74) is 1.73. The number of hydrogen-bond acceptors (Lipinski definition) is 4. The third-order valence-electron chi connectivity index (χ3n) is 8.31. The highest BCUT2D eigenvalue weighted by Gasteiger charge is 2.68. The van der Waals surface area contributed by atoms with E-state index in [-0.39, 0.29) is 12.0 Å². The van der Waals surface area contributed by atoms with Crippen LogP contribution in [-0.2, 0) is 4.74 Å². The monoisotopic (exact) mass is 362 g/mol. The van der Waals surface area contributed by atoms with Crippen LogP contribution in [0.4, 0.5) is 0 Å². The summed E-state index contributed by atoms with van der Waals surface area (Å²) in [4.78, 5) is 0. The first-order valence-corrected chi connectivity index (χ1v) is 10.2. The molecule has 4 heteroatoms. The molecule has 2 fully saturated rings. The second-order valence-electron chi connectivity index (χ2n) is 10.1. The first-order chi connectivity index (χ1) is 12.2. The summed E-state index contributed by atoms with van der Waals surface area (Å²) >= 11 is 0. The highest BCUT2D eigenvalue weighted by Crippen LogP contribution is 2.63. The molecule has 3 N–H and O–H groups in total. The Bertz CT molecular complexity index is 651. The lowest BCUT2D eigenvalue weighted by Gasteiger charge is -2.57. The molecule has 1 saturated carbocycles. The summed E-state index contributed by atoms with van der Waals surface area (Å²) in [5.74, 6) is 0.997. The molecular weight excluding hydrogens is 328 g/mol. The Hall–Kier alpha value is -0.680. The first kappa shape index (κ1) is 18.7. The average Bonchev–Trinajstić information content (AvgIpc) is 3.30. The molecule has 7 unspecified atom stereocenters. The maximum absolute atomic E-state index is 10.7. The molecule has 0 amide bonds. The average molecular weight is 363 g/mol. The van der Waals surface area contributed by atoms with Crippen LogP contribution in [0.5, 0.6) is 0 Å². The lowest BCUT2D eigenvalue weighted by Crippen LogP contribution is -2.51. The zero-order valence-corrected chi connectivity index (χ0v) is 16.5. The Balaban J connectivity index is 1.65. The summed E-state index contributed by atoms with van der Waals surface area (Å²) in [6.45, 7) is 9.25. The zero-order chi connectivity index (χ0) is 18.9. The van der Waals surface area contributed by atoms with Crippen LogP contribution in [0.25, 0.3) is 0 Å². The fraction of sp³-hybridized carbons (Fsp3) is 0.818. The second-order valence-corrected chi connectivity index (χ2v) is 10.1. The van der Waals surface area contributed by atoms with E-state index in [0.717, 1.165) is 12.8 Å². The Kier molecular flexibility index (Phi) is 4.24. The van der Waals surface area contributed by atoms with Gasteiger partial charge >= 0.3 is 0 Å². The third kappa shape index (κ3) is 2.49. The number of epoxide rings is 1. The molecular formula is C22H34O4. The van der Waals surface area contributed by atoms with Gasteiger partial charge in [0.05, 0.1) is 6.61 Å². The van der Waals surface area contributed by atoms with E-state index in [0.29, 0.717) is 22.8 Å². The number of fused-ring (bicyclic) bond motifs is 2. The normalized spacial score (nSPS) is 49.6. The minimum absolute atomic E-state index is 0.206. The quantitative estimate of drug-likeness (QED) is 0.533. The summed E-state index contributed by atoms with van der Waals surface area (Å²) in [5, 5.41) is 30.6. The molecule has 4 rings (SSSR count). The van der Waals surface area contributed by atoms with Crippen molar-refractivity contribution in [3.05, 3.63) is 23.3 Å². The molecule has 1 saturated heterocycles.